The van der Waals surface area contributed by atoms with Crippen LogP contribution in [-0.2, 0) is 9.53 Å². The zero-order chi connectivity index (χ0) is 21.6. The molecule has 0 atom stereocenters. The number of unbranched alkanes of at least 4 members (excludes halogenated alkanes) is 1. The molecule has 2 amide bonds. The van der Waals surface area contributed by atoms with E-state index in [2.05, 4.69) is 22.9 Å². The lowest BCUT2D eigenvalue weighted by molar-refractivity contribution is -0.114. The molecule has 0 unspecified atom stereocenters. The maximum Gasteiger partial charge on any atom is 0.251 e. The van der Waals surface area contributed by atoms with Crippen LogP contribution in [0.4, 0.5) is 11.4 Å². The third-order valence-electron chi connectivity index (χ3n) is 4.30. The van der Waals surface area contributed by atoms with Crippen molar-refractivity contribution < 1.29 is 19.1 Å². The Bertz CT molecular complexity index is 811. The summed E-state index contributed by atoms with van der Waals surface area (Å²) >= 11 is 0. The van der Waals surface area contributed by atoms with Crippen molar-refractivity contribution in [2.75, 3.05) is 44.0 Å². The fourth-order valence-corrected chi connectivity index (χ4v) is 2.70. The number of carbonyl (C=O) groups is 2. The summed E-state index contributed by atoms with van der Waals surface area (Å²) in [6.07, 6.45) is 2.78. The lowest BCUT2D eigenvalue weighted by Gasteiger charge is -2.13. The molecule has 30 heavy (non-hydrogen) atoms. The maximum absolute atomic E-state index is 12.4. The quantitative estimate of drug-likeness (QED) is 0.436. The van der Waals surface area contributed by atoms with E-state index in [0.717, 1.165) is 30.7 Å². The van der Waals surface area contributed by atoms with Gasteiger partial charge in [0.25, 0.3) is 5.91 Å². The molecule has 0 aliphatic carbocycles. The van der Waals surface area contributed by atoms with Crippen molar-refractivity contribution in [3.8, 4) is 5.75 Å². The fraction of sp³-hybridized carbons (Fsp3) is 0.391. The molecule has 2 rings (SSSR count). The number of rotatable bonds is 13. The first-order valence-corrected chi connectivity index (χ1v) is 10.3. The topological polar surface area (TPSA) is 88.7 Å². The molecule has 0 fully saturated rings. The first-order chi connectivity index (χ1) is 14.6. The number of para-hydroxylation sites is 2. The molecule has 0 bridgehead atoms. The van der Waals surface area contributed by atoms with Gasteiger partial charge in [-0.2, -0.15) is 0 Å². The van der Waals surface area contributed by atoms with Crippen molar-refractivity contribution in [1.29, 1.82) is 0 Å². The summed E-state index contributed by atoms with van der Waals surface area (Å²) in [5.41, 5.74) is 1.83. The number of hydrogen-bond donors (Lipinski definition) is 3. The van der Waals surface area contributed by atoms with Gasteiger partial charge in [0.2, 0.25) is 5.91 Å². The number of hydrogen-bond acceptors (Lipinski definition) is 5. The molecule has 0 saturated heterocycles. The van der Waals surface area contributed by atoms with Crippen molar-refractivity contribution in [1.82, 2.24) is 5.32 Å². The average Bonchev–Trinajstić information content (AvgIpc) is 2.76. The van der Waals surface area contributed by atoms with E-state index in [-0.39, 0.29) is 18.4 Å². The molecule has 0 spiro atoms. The third-order valence-corrected chi connectivity index (χ3v) is 4.30. The molecule has 2 aromatic carbocycles. The minimum absolute atomic E-state index is 0.0849. The summed E-state index contributed by atoms with van der Waals surface area (Å²) < 4.78 is 10.7. The van der Waals surface area contributed by atoms with Crippen molar-refractivity contribution in [2.24, 2.45) is 0 Å². The van der Waals surface area contributed by atoms with Crippen molar-refractivity contribution in [2.45, 2.75) is 26.2 Å². The van der Waals surface area contributed by atoms with Crippen LogP contribution in [0.1, 0.15) is 36.5 Å². The molecule has 0 aliphatic rings. The molecule has 0 saturated carbocycles. The summed E-state index contributed by atoms with van der Waals surface area (Å²) in [6.45, 7) is 3.96. The molecule has 0 heterocycles. The van der Waals surface area contributed by atoms with Gasteiger partial charge >= 0.3 is 0 Å². The molecule has 2 aromatic rings. The number of methoxy groups -OCH3 is 1. The van der Waals surface area contributed by atoms with Crippen LogP contribution in [-0.4, -0.2) is 45.2 Å². The third kappa shape index (κ3) is 8.13. The summed E-state index contributed by atoms with van der Waals surface area (Å²) in [6, 6.07) is 14.4. The van der Waals surface area contributed by atoms with Crippen molar-refractivity contribution >= 4 is 23.2 Å². The highest BCUT2D eigenvalue weighted by Crippen LogP contribution is 2.23. The van der Waals surface area contributed by atoms with E-state index >= 15 is 0 Å². The van der Waals surface area contributed by atoms with E-state index in [0.29, 0.717) is 31.0 Å². The largest absolute Gasteiger partial charge is 0.491 e. The Balaban J connectivity index is 1.86. The van der Waals surface area contributed by atoms with Crippen LogP contribution in [0.25, 0.3) is 0 Å². The van der Waals surface area contributed by atoms with Crippen molar-refractivity contribution in [3.05, 3.63) is 54.1 Å². The van der Waals surface area contributed by atoms with Crippen LogP contribution in [0.5, 0.6) is 5.75 Å². The maximum atomic E-state index is 12.4. The van der Waals surface area contributed by atoms with Gasteiger partial charge in [-0.1, -0.05) is 31.5 Å². The van der Waals surface area contributed by atoms with Gasteiger partial charge in [0.15, 0.2) is 0 Å². The molecule has 0 aliphatic heterocycles. The highest BCUT2D eigenvalue weighted by Gasteiger charge is 2.09. The number of carbonyl (C=O) groups excluding carboxylic acids is 2. The van der Waals surface area contributed by atoms with E-state index in [1.54, 1.807) is 31.4 Å². The summed E-state index contributed by atoms with van der Waals surface area (Å²) in [5.74, 6) is 0.334. The highest BCUT2D eigenvalue weighted by molar-refractivity contribution is 5.98. The fourth-order valence-electron chi connectivity index (χ4n) is 2.70. The van der Waals surface area contributed by atoms with Gasteiger partial charge in [0, 0.05) is 31.5 Å². The van der Waals surface area contributed by atoms with Crippen LogP contribution in [0.15, 0.2) is 48.5 Å². The predicted octanol–water partition coefficient (Wildman–Crippen LogP) is 3.68. The second-order valence-corrected chi connectivity index (χ2v) is 6.78. The predicted molar refractivity (Wildman–Crippen MR) is 119 cm³/mol. The minimum Gasteiger partial charge on any atom is -0.491 e. The Hall–Kier alpha value is -3.06. The van der Waals surface area contributed by atoms with Gasteiger partial charge in [-0.15, -0.1) is 0 Å². The Labute approximate surface area is 178 Å². The number of anilines is 2. The van der Waals surface area contributed by atoms with Gasteiger partial charge in [0.1, 0.15) is 5.75 Å². The van der Waals surface area contributed by atoms with E-state index < -0.39 is 0 Å². The lowest BCUT2D eigenvalue weighted by atomic mass is 10.2. The molecule has 0 aromatic heterocycles. The van der Waals surface area contributed by atoms with Gasteiger partial charge in [-0.25, -0.2) is 0 Å². The minimum atomic E-state index is -0.212. The van der Waals surface area contributed by atoms with E-state index in [9.17, 15) is 9.59 Å². The standard InChI is InChI=1S/C23H31N3O4/c1-3-4-15-30-21-12-6-5-11-20(21)25-17-22(27)26-19-10-7-9-18(16-19)23(28)24-13-8-14-29-2/h5-7,9-12,16,25H,3-4,8,13-15,17H2,1-2H3,(H,24,28)(H,26,27). The van der Waals surface area contributed by atoms with Gasteiger partial charge in [-0.05, 0) is 43.2 Å². The smallest absolute Gasteiger partial charge is 0.251 e. The first-order valence-electron chi connectivity index (χ1n) is 10.3. The molecule has 0 radical (unpaired) electrons. The van der Waals surface area contributed by atoms with Crippen LogP contribution in [0.3, 0.4) is 0 Å². The van der Waals surface area contributed by atoms with Gasteiger partial charge < -0.3 is 25.4 Å². The normalized spacial score (nSPS) is 10.3. The molecule has 162 valence electrons. The molecule has 7 heteroatoms. The highest BCUT2D eigenvalue weighted by atomic mass is 16.5. The number of nitrogens with one attached hydrogen (secondary N) is 3. The Kier molecular flexibility index (Phi) is 10.2. The Morgan fingerprint density at radius 3 is 2.63 bits per heavy atom. The average molecular weight is 414 g/mol. The zero-order valence-electron chi connectivity index (χ0n) is 17.7. The van der Waals surface area contributed by atoms with Gasteiger partial charge in [-0.3, -0.25) is 9.59 Å². The summed E-state index contributed by atoms with van der Waals surface area (Å²) in [4.78, 5) is 24.6. The van der Waals surface area contributed by atoms with E-state index in [1.165, 1.54) is 0 Å². The van der Waals surface area contributed by atoms with Crippen LogP contribution < -0.4 is 20.7 Å². The molecule has 7 nitrogen and oxygen atoms in total. The summed E-state index contributed by atoms with van der Waals surface area (Å²) in [7, 11) is 1.63. The summed E-state index contributed by atoms with van der Waals surface area (Å²) in [5, 5.41) is 8.75. The van der Waals surface area contributed by atoms with E-state index in [4.69, 9.17) is 9.47 Å². The van der Waals surface area contributed by atoms with Crippen LogP contribution in [0.2, 0.25) is 0 Å². The molecular weight excluding hydrogens is 382 g/mol. The SMILES string of the molecule is CCCCOc1ccccc1NCC(=O)Nc1cccc(C(=O)NCCCOC)c1. The zero-order valence-corrected chi connectivity index (χ0v) is 17.7. The number of benzene rings is 2. The van der Waals surface area contributed by atoms with Crippen LogP contribution >= 0.6 is 0 Å². The Morgan fingerprint density at radius 1 is 1.00 bits per heavy atom. The molecule has 3 N–H and O–H groups in total. The lowest BCUT2D eigenvalue weighted by Crippen LogP contribution is -2.25. The number of amides is 2. The van der Waals surface area contributed by atoms with Crippen molar-refractivity contribution in [3.63, 3.8) is 0 Å². The number of ether oxygens (including phenoxy) is 2. The second-order valence-electron chi connectivity index (χ2n) is 6.78. The monoisotopic (exact) mass is 413 g/mol. The Morgan fingerprint density at radius 2 is 1.83 bits per heavy atom. The van der Waals surface area contributed by atoms with Gasteiger partial charge in [0.05, 0.1) is 18.8 Å². The van der Waals surface area contributed by atoms with E-state index in [1.807, 2.05) is 24.3 Å². The van der Waals surface area contributed by atoms with Crippen LogP contribution in [0, 0.1) is 0 Å². The first kappa shape index (κ1) is 23.2. The second kappa shape index (κ2) is 13.2. The molecular formula is C23H31N3O4.